The first kappa shape index (κ1) is 13.2. The highest BCUT2D eigenvalue weighted by atomic mass is 19.3. The summed E-state index contributed by atoms with van der Waals surface area (Å²) in [5, 5.41) is 10.2. The third-order valence-corrected chi connectivity index (χ3v) is 1.77. The van der Waals surface area contributed by atoms with E-state index in [1.807, 2.05) is 5.32 Å². The second-order valence-electron chi connectivity index (χ2n) is 3.50. The molecule has 0 saturated carbocycles. The van der Waals surface area contributed by atoms with Crippen molar-refractivity contribution in [2.45, 2.75) is 25.8 Å². The van der Waals surface area contributed by atoms with Crippen molar-refractivity contribution >= 4 is 5.91 Å². The number of halogens is 2. The molecular formula is C8H16F2N2O2. The summed E-state index contributed by atoms with van der Waals surface area (Å²) >= 11 is 0. The third-order valence-electron chi connectivity index (χ3n) is 1.77. The number of aliphatic hydroxyl groups is 1. The van der Waals surface area contributed by atoms with Crippen LogP contribution in [0.4, 0.5) is 8.78 Å². The lowest BCUT2D eigenvalue weighted by Crippen LogP contribution is -2.48. The van der Waals surface area contributed by atoms with Crippen molar-refractivity contribution in [2.75, 3.05) is 13.2 Å². The molecule has 1 unspecified atom stereocenters. The molecule has 0 rings (SSSR count). The Labute approximate surface area is 81.5 Å². The van der Waals surface area contributed by atoms with Gasteiger partial charge in [0.05, 0.1) is 12.6 Å². The summed E-state index contributed by atoms with van der Waals surface area (Å²) in [6.45, 7) is 1.26. The van der Waals surface area contributed by atoms with Gasteiger partial charge in [0.1, 0.15) is 6.61 Å². The van der Waals surface area contributed by atoms with Gasteiger partial charge in [-0.25, -0.2) is 8.78 Å². The fourth-order valence-corrected chi connectivity index (χ4v) is 0.693. The number of hydrogen-bond acceptors (Lipinski definition) is 3. The number of alkyl halides is 2. The van der Waals surface area contributed by atoms with Gasteiger partial charge in [-0.1, -0.05) is 13.8 Å². The molecule has 0 bridgehead atoms. The third kappa shape index (κ3) is 4.48. The van der Waals surface area contributed by atoms with Crippen molar-refractivity contribution in [1.29, 1.82) is 0 Å². The van der Waals surface area contributed by atoms with Crippen LogP contribution in [0.2, 0.25) is 0 Å². The van der Waals surface area contributed by atoms with Gasteiger partial charge < -0.3 is 16.2 Å². The first-order valence-electron chi connectivity index (χ1n) is 4.32. The number of carbonyl (C=O) groups is 1. The molecule has 0 aliphatic heterocycles. The maximum Gasteiger partial charge on any atom is 0.287 e. The zero-order valence-corrected chi connectivity index (χ0v) is 8.26. The highest BCUT2D eigenvalue weighted by Crippen LogP contribution is 2.10. The summed E-state index contributed by atoms with van der Waals surface area (Å²) in [7, 11) is 0. The van der Waals surface area contributed by atoms with Gasteiger partial charge in [-0.05, 0) is 5.92 Å². The van der Waals surface area contributed by atoms with E-state index in [9.17, 15) is 13.6 Å². The van der Waals surface area contributed by atoms with Crippen LogP contribution in [0, 0.1) is 5.92 Å². The van der Waals surface area contributed by atoms with Crippen LogP contribution < -0.4 is 11.1 Å². The smallest absolute Gasteiger partial charge is 0.287 e. The Bertz CT molecular complexity index is 198. The molecule has 0 fully saturated rings. The Morgan fingerprint density at radius 2 is 2.07 bits per heavy atom. The summed E-state index contributed by atoms with van der Waals surface area (Å²) in [5.41, 5.74) is 5.41. The molecule has 0 radical (unpaired) electrons. The quantitative estimate of drug-likeness (QED) is 0.584. The van der Waals surface area contributed by atoms with Gasteiger partial charge in [0.15, 0.2) is 0 Å². The van der Waals surface area contributed by atoms with Crippen LogP contribution in [0.25, 0.3) is 0 Å². The van der Waals surface area contributed by atoms with Crippen molar-refractivity contribution < 1.29 is 18.7 Å². The molecule has 84 valence electrons. The van der Waals surface area contributed by atoms with Crippen LogP contribution in [0.5, 0.6) is 0 Å². The number of aliphatic hydroxyl groups excluding tert-OH is 1. The van der Waals surface area contributed by atoms with Crippen LogP contribution in [0.15, 0.2) is 0 Å². The van der Waals surface area contributed by atoms with E-state index >= 15 is 0 Å². The molecule has 0 heterocycles. The fraction of sp³-hybridized carbons (Fsp3) is 0.875. The highest BCUT2D eigenvalue weighted by Gasteiger charge is 2.29. The van der Waals surface area contributed by atoms with Crippen LogP contribution in [0.3, 0.4) is 0 Å². The van der Waals surface area contributed by atoms with Crippen molar-refractivity contribution in [1.82, 2.24) is 5.32 Å². The lowest BCUT2D eigenvalue weighted by atomic mass is 10.1. The van der Waals surface area contributed by atoms with E-state index in [-0.39, 0.29) is 5.92 Å². The summed E-state index contributed by atoms with van der Waals surface area (Å²) < 4.78 is 24.9. The van der Waals surface area contributed by atoms with Crippen LogP contribution >= 0.6 is 0 Å². The number of amides is 1. The largest absolute Gasteiger partial charge is 0.390 e. The van der Waals surface area contributed by atoms with Gasteiger partial charge in [-0.15, -0.1) is 0 Å². The van der Waals surface area contributed by atoms with E-state index < -0.39 is 31.0 Å². The maximum atomic E-state index is 12.5. The Morgan fingerprint density at radius 3 is 2.43 bits per heavy atom. The van der Waals surface area contributed by atoms with E-state index in [0.29, 0.717) is 0 Å². The van der Waals surface area contributed by atoms with Gasteiger partial charge in [0, 0.05) is 0 Å². The molecule has 0 aromatic heterocycles. The number of rotatable bonds is 5. The van der Waals surface area contributed by atoms with Crippen molar-refractivity contribution in [3.05, 3.63) is 0 Å². The van der Waals surface area contributed by atoms with Gasteiger partial charge in [0.2, 0.25) is 5.91 Å². The number of nitrogens with one attached hydrogen (secondary N) is 1. The SMILES string of the molecule is CC(C)C(N)C(=O)NCC(F)(F)CO. The molecule has 14 heavy (non-hydrogen) atoms. The average molecular weight is 210 g/mol. The number of hydrogen-bond donors (Lipinski definition) is 3. The van der Waals surface area contributed by atoms with E-state index in [1.165, 1.54) is 0 Å². The van der Waals surface area contributed by atoms with E-state index in [4.69, 9.17) is 10.8 Å². The molecule has 4 nitrogen and oxygen atoms in total. The Morgan fingerprint density at radius 1 is 1.57 bits per heavy atom. The van der Waals surface area contributed by atoms with Crippen molar-refractivity contribution in [2.24, 2.45) is 11.7 Å². The molecule has 1 atom stereocenters. The van der Waals surface area contributed by atoms with Crippen molar-refractivity contribution in [3.63, 3.8) is 0 Å². The van der Waals surface area contributed by atoms with E-state index in [2.05, 4.69) is 0 Å². The number of nitrogens with two attached hydrogens (primary N) is 1. The second kappa shape index (κ2) is 5.21. The summed E-state index contributed by atoms with van der Waals surface area (Å²) in [6, 6.07) is -0.801. The highest BCUT2D eigenvalue weighted by molar-refractivity contribution is 5.81. The zero-order valence-electron chi connectivity index (χ0n) is 8.26. The van der Waals surface area contributed by atoms with Crippen LogP contribution in [0.1, 0.15) is 13.8 Å². The second-order valence-corrected chi connectivity index (χ2v) is 3.50. The molecule has 0 aromatic rings. The predicted octanol–water partition coefficient (Wildman–Crippen LogP) is -0.287. The Balaban J connectivity index is 3.97. The topological polar surface area (TPSA) is 75.4 Å². The summed E-state index contributed by atoms with van der Waals surface area (Å²) in [5.74, 6) is -4.03. The van der Waals surface area contributed by atoms with E-state index in [1.54, 1.807) is 13.8 Å². The predicted molar refractivity (Wildman–Crippen MR) is 47.9 cm³/mol. The first-order valence-corrected chi connectivity index (χ1v) is 4.32. The van der Waals surface area contributed by atoms with Crippen LogP contribution in [-0.2, 0) is 4.79 Å². The van der Waals surface area contributed by atoms with Crippen LogP contribution in [-0.4, -0.2) is 36.1 Å². The molecule has 0 aromatic carbocycles. The molecule has 0 aliphatic rings. The Kier molecular flexibility index (Phi) is 4.93. The molecule has 0 spiro atoms. The Hall–Kier alpha value is -0.750. The van der Waals surface area contributed by atoms with Gasteiger partial charge in [-0.3, -0.25) is 4.79 Å². The van der Waals surface area contributed by atoms with Gasteiger partial charge >= 0.3 is 0 Å². The average Bonchev–Trinajstić information content (AvgIpc) is 2.13. The lowest BCUT2D eigenvalue weighted by molar-refractivity contribution is -0.126. The lowest BCUT2D eigenvalue weighted by Gasteiger charge is -2.18. The number of carbonyl (C=O) groups excluding carboxylic acids is 1. The summed E-state index contributed by atoms with van der Waals surface area (Å²) in [4.78, 5) is 11.1. The fourth-order valence-electron chi connectivity index (χ4n) is 0.693. The standard InChI is InChI=1S/C8H16F2N2O2/c1-5(2)6(11)7(14)12-3-8(9,10)4-13/h5-6,13H,3-4,11H2,1-2H3,(H,12,14). The molecule has 0 aliphatic carbocycles. The molecular weight excluding hydrogens is 194 g/mol. The normalized spacial score (nSPS) is 14.2. The monoisotopic (exact) mass is 210 g/mol. The molecule has 4 N–H and O–H groups in total. The minimum atomic E-state index is -3.29. The van der Waals surface area contributed by atoms with Crippen molar-refractivity contribution in [3.8, 4) is 0 Å². The molecule has 1 amide bonds. The van der Waals surface area contributed by atoms with E-state index in [0.717, 1.165) is 0 Å². The maximum absolute atomic E-state index is 12.5. The first-order chi connectivity index (χ1) is 6.30. The molecule has 6 heteroatoms. The summed E-state index contributed by atoms with van der Waals surface area (Å²) in [6.07, 6.45) is 0. The zero-order chi connectivity index (χ0) is 11.4. The van der Waals surface area contributed by atoms with Gasteiger partial charge in [-0.2, -0.15) is 0 Å². The minimum Gasteiger partial charge on any atom is -0.390 e. The van der Waals surface area contributed by atoms with Gasteiger partial charge in [0.25, 0.3) is 5.92 Å². The molecule has 0 saturated heterocycles. The minimum absolute atomic E-state index is 0.113.